The van der Waals surface area contributed by atoms with Crippen LogP contribution in [0.25, 0.3) is 0 Å². The molecule has 10 heteroatoms. The minimum absolute atomic E-state index is 0.0331. The standard InChI is InChI=1S/C15H17F3N4O3/c1-14(2)24-12-8(7-23-9(3-4-19)13(12)25-14)21-11-6-20-5-10(22-11)15(16,17)18/h5-6,8-9,12-13H,3,7H2,1-2H3,(H,21,22)/t8-,9+,12+,13-/m0/s1. The van der Waals surface area contributed by atoms with E-state index in [4.69, 9.17) is 19.5 Å². The van der Waals surface area contributed by atoms with Crippen molar-refractivity contribution < 1.29 is 27.4 Å². The van der Waals surface area contributed by atoms with E-state index in [9.17, 15) is 13.2 Å². The van der Waals surface area contributed by atoms with E-state index < -0.39 is 42.0 Å². The molecule has 1 aromatic rings. The maximum atomic E-state index is 12.8. The van der Waals surface area contributed by atoms with Gasteiger partial charge in [0.05, 0.1) is 43.6 Å². The molecule has 0 aliphatic carbocycles. The van der Waals surface area contributed by atoms with Gasteiger partial charge in [0.15, 0.2) is 11.5 Å². The van der Waals surface area contributed by atoms with Crippen molar-refractivity contribution >= 4 is 5.82 Å². The number of halogens is 3. The highest BCUT2D eigenvalue weighted by Gasteiger charge is 2.52. The van der Waals surface area contributed by atoms with E-state index in [1.165, 1.54) is 6.20 Å². The molecule has 3 rings (SSSR count). The van der Waals surface area contributed by atoms with Gasteiger partial charge >= 0.3 is 6.18 Å². The van der Waals surface area contributed by atoms with Crippen LogP contribution in [0.5, 0.6) is 0 Å². The summed E-state index contributed by atoms with van der Waals surface area (Å²) in [5, 5.41) is 11.8. The third kappa shape index (κ3) is 3.84. The van der Waals surface area contributed by atoms with Crippen molar-refractivity contribution in [3.63, 3.8) is 0 Å². The molecular weight excluding hydrogens is 341 g/mol. The highest BCUT2D eigenvalue weighted by atomic mass is 19.4. The van der Waals surface area contributed by atoms with Gasteiger partial charge in [-0.15, -0.1) is 0 Å². The van der Waals surface area contributed by atoms with Crippen molar-refractivity contribution in [2.75, 3.05) is 11.9 Å². The van der Waals surface area contributed by atoms with Crippen LogP contribution in [0.15, 0.2) is 12.4 Å². The molecule has 7 nitrogen and oxygen atoms in total. The first-order valence-corrected chi connectivity index (χ1v) is 7.69. The number of ether oxygens (including phenoxy) is 3. The number of fused-ring (bicyclic) bond motifs is 1. The summed E-state index contributed by atoms with van der Waals surface area (Å²) in [6.45, 7) is 3.61. The highest BCUT2D eigenvalue weighted by Crippen LogP contribution is 2.37. The Balaban J connectivity index is 1.78. The van der Waals surface area contributed by atoms with E-state index in [1.807, 2.05) is 6.07 Å². The predicted molar refractivity (Wildman–Crippen MR) is 78.2 cm³/mol. The summed E-state index contributed by atoms with van der Waals surface area (Å²) in [5.74, 6) is -0.912. The Morgan fingerprint density at radius 1 is 1.32 bits per heavy atom. The molecule has 0 saturated carbocycles. The molecule has 0 unspecified atom stereocenters. The Morgan fingerprint density at radius 3 is 2.72 bits per heavy atom. The number of hydrogen-bond acceptors (Lipinski definition) is 7. The second-order valence-corrected chi connectivity index (χ2v) is 6.34. The van der Waals surface area contributed by atoms with Gasteiger partial charge in [-0.1, -0.05) is 0 Å². The van der Waals surface area contributed by atoms with Crippen LogP contribution in [-0.2, 0) is 20.4 Å². The summed E-state index contributed by atoms with van der Waals surface area (Å²) in [6, 6.07) is 1.55. The molecule has 0 bridgehead atoms. The third-order valence-corrected chi connectivity index (χ3v) is 3.97. The minimum atomic E-state index is -4.58. The molecule has 2 aliphatic heterocycles. The highest BCUT2D eigenvalue weighted by molar-refractivity contribution is 5.35. The number of alkyl halides is 3. The van der Waals surface area contributed by atoms with Crippen molar-refractivity contribution in [2.24, 2.45) is 0 Å². The van der Waals surface area contributed by atoms with Crippen LogP contribution in [0.2, 0.25) is 0 Å². The second kappa shape index (κ2) is 6.40. The molecule has 0 spiro atoms. The van der Waals surface area contributed by atoms with Crippen LogP contribution in [0.4, 0.5) is 19.0 Å². The number of nitrogens with zero attached hydrogens (tertiary/aromatic N) is 3. The molecule has 0 radical (unpaired) electrons. The molecule has 2 saturated heterocycles. The summed E-state index contributed by atoms with van der Waals surface area (Å²) in [7, 11) is 0. The first-order valence-electron chi connectivity index (χ1n) is 7.69. The molecule has 1 N–H and O–H groups in total. The van der Waals surface area contributed by atoms with Crippen LogP contribution in [0.3, 0.4) is 0 Å². The fraction of sp³-hybridized carbons (Fsp3) is 0.667. The van der Waals surface area contributed by atoms with Gasteiger partial charge in [-0.2, -0.15) is 18.4 Å². The lowest BCUT2D eigenvalue weighted by Gasteiger charge is -2.36. The molecule has 4 atom stereocenters. The van der Waals surface area contributed by atoms with E-state index in [0.29, 0.717) is 6.20 Å². The monoisotopic (exact) mass is 358 g/mol. The van der Waals surface area contributed by atoms with Gasteiger partial charge in [-0.25, -0.2) is 4.98 Å². The summed E-state index contributed by atoms with van der Waals surface area (Å²) in [4.78, 5) is 7.12. The smallest absolute Gasteiger partial charge is 0.372 e. The molecule has 136 valence electrons. The Hall–Kier alpha value is -1.96. The van der Waals surface area contributed by atoms with E-state index >= 15 is 0 Å². The maximum absolute atomic E-state index is 12.8. The maximum Gasteiger partial charge on any atom is 0.434 e. The number of aromatic nitrogens is 2. The van der Waals surface area contributed by atoms with Crippen molar-refractivity contribution in [3.8, 4) is 6.07 Å². The van der Waals surface area contributed by atoms with Gasteiger partial charge in [0, 0.05) is 0 Å². The quantitative estimate of drug-likeness (QED) is 0.885. The lowest BCUT2D eigenvalue weighted by Crippen LogP contribution is -2.54. The van der Waals surface area contributed by atoms with Crippen molar-refractivity contribution in [1.82, 2.24) is 9.97 Å². The zero-order valence-corrected chi connectivity index (χ0v) is 13.6. The van der Waals surface area contributed by atoms with Crippen molar-refractivity contribution in [3.05, 3.63) is 18.1 Å². The second-order valence-electron chi connectivity index (χ2n) is 6.34. The minimum Gasteiger partial charge on any atom is -0.372 e. The SMILES string of the molecule is CC1(C)O[C@@H]2[C@H](O1)[C@@H](Nc1cncc(C(F)(F)F)n1)CO[C@@H]2CC#N. The van der Waals surface area contributed by atoms with Gasteiger partial charge in [-0.05, 0) is 13.8 Å². The summed E-state index contributed by atoms with van der Waals surface area (Å²) >= 11 is 0. The van der Waals surface area contributed by atoms with Crippen LogP contribution >= 0.6 is 0 Å². The van der Waals surface area contributed by atoms with Crippen LogP contribution in [0, 0.1) is 11.3 Å². The number of nitriles is 1. The summed E-state index contributed by atoms with van der Waals surface area (Å²) in [6.07, 6.45) is -4.03. The number of hydrogen-bond donors (Lipinski definition) is 1. The van der Waals surface area contributed by atoms with E-state index in [1.54, 1.807) is 13.8 Å². The Bertz CT molecular complexity index is 677. The van der Waals surface area contributed by atoms with E-state index in [-0.39, 0.29) is 18.8 Å². The lowest BCUT2D eigenvalue weighted by atomic mass is 9.96. The normalized spacial score (nSPS) is 31.2. The molecule has 3 heterocycles. The Kier molecular flexibility index (Phi) is 4.57. The molecular formula is C15H17F3N4O3. The van der Waals surface area contributed by atoms with Gasteiger partial charge in [-0.3, -0.25) is 4.98 Å². The van der Waals surface area contributed by atoms with Crippen LogP contribution in [0.1, 0.15) is 26.0 Å². The molecule has 2 fully saturated rings. The van der Waals surface area contributed by atoms with E-state index in [2.05, 4.69) is 15.3 Å². The molecule has 0 amide bonds. The van der Waals surface area contributed by atoms with Gasteiger partial charge in [0.25, 0.3) is 0 Å². The predicted octanol–water partition coefficient (Wildman–Crippen LogP) is 2.11. The van der Waals surface area contributed by atoms with Crippen molar-refractivity contribution in [2.45, 2.75) is 56.6 Å². The fourth-order valence-corrected chi connectivity index (χ4v) is 2.98. The molecule has 0 aromatic carbocycles. The average Bonchev–Trinajstić information content (AvgIpc) is 2.85. The van der Waals surface area contributed by atoms with Gasteiger partial charge < -0.3 is 19.5 Å². The van der Waals surface area contributed by atoms with Gasteiger partial charge in [0.2, 0.25) is 0 Å². The Labute approximate surface area is 142 Å². The first kappa shape index (κ1) is 17.8. The van der Waals surface area contributed by atoms with Crippen LogP contribution in [-0.4, -0.2) is 46.7 Å². The van der Waals surface area contributed by atoms with E-state index in [0.717, 1.165) is 0 Å². The lowest BCUT2D eigenvalue weighted by molar-refractivity contribution is -0.153. The molecule has 25 heavy (non-hydrogen) atoms. The zero-order valence-electron chi connectivity index (χ0n) is 13.6. The first-order chi connectivity index (χ1) is 11.7. The van der Waals surface area contributed by atoms with Crippen molar-refractivity contribution in [1.29, 1.82) is 5.26 Å². The summed E-state index contributed by atoms with van der Waals surface area (Å²) < 4.78 is 55.6. The molecule has 2 aliphatic rings. The largest absolute Gasteiger partial charge is 0.434 e. The third-order valence-electron chi connectivity index (χ3n) is 3.97. The van der Waals surface area contributed by atoms with Crippen LogP contribution < -0.4 is 5.32 Å². The molecule has 1 aromatic heterocycles. The fourth-order valence-electron chi connectivity index (χ4n) is 2.98. The number of anilines is 1. The summed E-state index contributed by atoms with van der Waals surface area (Å²) in [5.41, 5.74) is -1.09. The number of rotatable bonds is 3. The topological polar surface area (TPSA) is 89.3 Å². The zero-order chi connectivity index (χ0) is 18.2. The Morgan fingerprint density at radius 2 is 2.04 bits per heavy atom. The van der Waals surface area contributed by atoms with Gasteiger partial charge in [0.1, 0.15) is 18.0 Å². The number of nitrogens with one attached hydrogen (secondary N) is 1. The average molecular weight is 358 g/mol.